The number of esters is 2. The number of rotatable bonds is 7. The van der Waals surface area contributed by atoms with E-state index in [0.29, 0.717) is 19.0 Å². The Morgan fingerprint density at radius 3 is 2.53 bits per heavy atom. The Hall–Kier alpha value is -0.750. The largest absolute Gasteiger partial charge is 0.466 e. The molecule has 1 aliphatic rings. The van der Waals surface area contributed by atoms with Crippen molar-refractivity contribution in [3.63, 3.8) is 0 Å². The lowest BCUT2D eigenvalue weighted by atomic mass is 10.1. The van der Waals surface area contributed by atoms with Crippen LogP contribution in [-0.4, -0.2) is 41.8 Å². The second kappa shape index (κ2) is 7.75. The summed E-state index contributed by atoms with van der Waals surface area (Å²) in [5.41, 5.74) is 0. The minimum Gasteiger partial charge on any atom is -0.466 e. The van der Waals surface area contributed by atoms with Gasteiger partial charge in [0.15, 0.2) is 0 Å². The predicted octanol–water partition coefficient (Wildman–Crippen LogP) is 1.70. The average molecular weight is 289 g/mol. The van der Waals surface area contributed by atoms with Gasteiger partial charge in [-0.1, -0.05) is 13.3 Å². The van der Waals surface area contributed by atoms with Crippen molar-refractivity contribution in [2.75, 3.05) is 19.0 Å². The number of hydrogen-bond acceptors (Lipinski definition) is 6. The third kappa shape index (κ3) is 4.69. The molecule has 1 aliphatic heterocycles. The number of carbonyl (C=O) groups is 2. The second-order valence-corrected chi connectivity index (χ2v) is 5.89. The van der Waals surface area contributed by atoms with Crippen molar-refractivity contribution in [1.82, 2.24) is 5.32 Å². The monoisotopic (exact) mass is 289 g/mol. The van der Waals surface area contributed by atoms with Crippen LogP contribution in [0.1, 0.15) is 40.0 Å². The topological polar surface area (TPSA) is 64.6 Å². The van der Waals surface area contributed by atoms with E-state index in [1.807, 2.05) is 0 Å². The van der Waals surface area contributed by atoms with Crippen LogP contribution in [0.25, 0.3) is 0 Å². The number of nitrogens with one attached hydrogen (secondary N) is 1. The Morgan fingerprint density at radius 2 is 1.95 bits per heavy atom. The highest BCUT2D eigenvalue weighted by atomic mass is 32.2. The van der Waals surface area contributed by atoms with Crippen LogP contribution in [0, 0.1) is 0 Å². The van der Waals surface area contributed by atoms with Crippen LogP contribution < -0.4 is 5.32 Å². The zero-order valence-electron chi connectivity index (χ0n) is 11.9. The van der Waals surface area contributed by atoms with Crippen molar-refractivity contribution in [3.8, 4) is 0 Å². The Balaban J connectivity index is 2.63. The van der Waals surface area contributed by atoms with E-state index in [4.69, 9.17) is 9.47 Å². The molecule has 0 radical (unpaired) electrons. The summed E-state index contributed by atoms with van der Waals surface area (Å²) in [4.78, 5) is 23.0. The molecule has 1 saturated heterocycles. The Bertz CT molecular complexity index is 324. The molecule has 0 bridgehead atoms. The maximum atomic E-state index is 11.7. The van der Waals surface area contributed by atoms with Crippen molar-refractivity contribution < 1.29 is 19.1 Å². The standard InChI is InChI=1S/C13H23NO4S/c1-4-7-13(8-11(15)17-5-2)14-10(9-19-13)12(16)18-6-3/h10,14H,4-9H2,1-3H3/t10-,13?/m0/s1. The number of hydrogen-bond donors (Lipinski definition) is 1. The van der Waals surface area contributed by atoms with Gasteiger partial charge in [0.05, 0.1) is 24.5 Å². The zero-order chi connectivity index (χ0) is 14.3. The SMILES string of the molecule is CCCC1(CC(=O)OCC)N[C@H](C(=O)OCC)CS1. The highest BCUT2D eigenvalue weighted by Crippen LogP contribution is 2.38. The van der Waals surface area contributed by atoms with E-state index in [2.05, 4.69) is 12.2 Å². The zero-order valence-corrected chi connectivity index (χ0v) is 12.7. The molecule has 0 aromatic rings. The van der Waals surface area contributed by atoms with Gasteiger partial charge in [0.1, 0.15) is 6.04 Å². The van der Waals surface area contributed by atoms with Crippen molar-refractivity contribution in [1.29, 1.82) is 0 Å². The summed E-state index contributed by atoms with van der Waals surface area (Å²) in [5.74, 6) is 0.176. The van der Waals surface area contributed by atoms with Gasteiger partial charge < -0.3 is 9.47 Å². The van der Waals surface area contributed by atoms with Crippen LogP contribution in [0.2, 0.25) is 0 Å². The minimum atomic E-state index is -0.390. The minimum absolute atomic E-state index is 0.222. The molecule has 0 spiro atoms. The van der Waals surface area contributed by atoms with Crippen LogP contribution in [0.5, 0.6) is 0 Å². The van der Waals surface area contributed by atoms with Crippen LogP contribution in [-0.2, 0) is 19.1 Å². The summed E-state index contributed by atoms with van der Waals surface area (Å²) in [5, 5.41) is 3.27. The summed E-state index contributed by atoms with van der Waals surface area (Å²) >= 11 is 1.62. The molecule has 0 amide bonds. The average Bonchev–Trinajstić information content (AvgIpc) is 2.74. The third-order valence-electron chi connectivity index (χ3n) is 2.92. The first kappa shape index (κ1) is 16.3. The highest BCUT2D eigenvalue weighted by Gasteiger charge is 2.43. The lowest BCUT2D eigenvalue weighted by Gasteiger charge is -2.28. The van der Waals surface area contributed by atoms with Crippen molar-refractivity contribution >= 4 is 23.7 Å². The molecule has 0 aromatic carbocycles. The van der Waals surface area contributed by atoms with Gasteiger partial charge in [0.2, 0.25) is 0 Å². The molecule has 19 heavy (non-hydrogen) atoms. The molecule has 0 saturated carbocycles. The van der Waals surface area contributed by atoms with Gasteiger partial charge in [0, 0.05) is 5.75 Å². The lowest BCUT2D eigenvalue weighted by molar-refractivity contribution is -0.147. The summed E-state index contributed by atoms with van der Waals surface area (Å²) in [6, 6.07) is -0.328. The Kier molecular flexibility index (Phi) is 6.65. The quantitative estimate of drug-likeness (QED) is 0.720. The van der Waals surface area contributed by atoms with Crippen molar-refractivity contribution in [2.45, 2.75) is 50.9 Å². The van der Waals surface area contributed by atoms with Gasteiger partial charge in [-0.25, -0.2) is 0 Å². The highest BCUT2D eigenvalue weighted by molar-refractivity contribution is 8.01. The molecule has 1 fully saturated rings. The fourth-order valence-corrected chi connectivity index (χ4v) is 3.70. The van der Waals surface area contributed by atoms with Gasteiger partial charge >= 0.3 is 11.9 Å². The summed E-state index contributed by atoms with van der Waals surface area (Å²) in [7, 11) is 0. The predicted molar refractivity (Wildman–Crippen MR) is 74.9 cm³/mol. The first-order valence-corrected chi connectivity index (χ1v) is 7.79. The second-order valence-electron chi connectivity index (χ2n) is 4.49. The lowest BCUT2D eigenvalue weighted by Crippen LogP contribution is -2.47. The molecule has 1 heterocycles. The Morgan fingerprint density at radius 1 is 1.26 bits per heavy atom. The molecule has 1 N–H and O–H groups in total. The summed E-state index contributed by atoms with van der Waals surface area (Å²) in [6.45, 7) is 6.40. The molecule has 6 heteroatoms. The van der Waals surface area contributed by atoms with Gasteiger partial charge in [-0.3, -0.25) is 14.9 Å². The van der Waals surface area contributed by atoms with E-state index in [1.165, 1.54) is 0 Å². The molecule has 1 rings (SSSR count). The molecule has 110 valence electrons. The van der Waals surface area contributed by atoms with Gasteiger partial charge in [0.25, 0.3) is 0 Å². The normalized spacial score (nSPS) is 26.2. The fraction of sp³-hybridized carbons (Fsp3) is 0.846. The van der Waals surface area contributed by atoms with E-state index in [1.54, 1.807) is 25.6 Å². The van der Waals surface area contributed by atoms with Crippen LogP contribution in [0.15, 0.2) is 0 Å². The van der Waals surface area contributed by atoms with Gasteiger partial charge in [-0.2, -0.15) is 0 Å². The molecule has 2 atom stereocenters. The molecular formula is C13H23NO4S. The smallest absolute Gasteiger partial charge is 0.324 e. The van der Waals surface area contributed by atoms with E-state index in [0.717, 1.165) is 12.8 Å². The van der Waals surface area contributed by atoms with E-state index in [-0.39, 0.29) is 24.4 Å². The Labute approximate surface area is 118 Å². The number of ether oxygens (including phenoxy) is 2. The molecular weight excluding hydrogens is 266 g/mol. The first-order chi connectivity index (χ1) is 9.06. The first-order valence-electron chi connectivity index (χ1n) is 6.80. The maximum absolute atomic E-state index is 11.7. The van der Waals surface area contributed by atoms with E-state index >= 15 is 0 Å². The van der Waals surface area contributed by atoms with Crippen molar-refractivity contribution in [3.05, 3.63) is 0 Å². The third-order valence-corrected chi connectivity index (χ3v) is 4.44. The summed E-state index contributed by atoms with van der Waals surface area (Å²) < 4.78 is 10.0. The molecule has 5 nitrogen and oxygen atoms in total. The molecule has 0 aliphatic carbocycles. The van der Waals surface area contributed by atoms with Crippen LogP contribution in [0.3, 0.4) is 0 Å². The van der Waals surface area contributed by atoms with E-state index in [9.17, 15) is 9.59 Å². The number of thioether (sulfide) groups is 1. The molecule has 0 aromatic heterocycles. The van der Waals surface area contributed by atoms with Crippen LogP contribution >= 0.6 is 11.8 Å². The van der Waals surface area contributed by atoms with Gasteiger partial charge in [-0.05, 0) is 20.3 Å². The van der Waals surface area contributed by atoms with E-state index < -0.39 is 4.87 Å². The summed E-state index contributed by atoms with van der Waals surface area (Å²) in [6.07, 6.45) is 2.05. The van der Waals surface area contributed by atoms with Gasteiger partial charge in [-0.15, -0.1) is 11.8 Å². The number of carbonyl (C=O) groups excluding carboxylic acids is 2. The van der Waals surface area contributed by atoms with Crippen molar-refractivity contribution in [2.24, 2.45) is 0 Å². The maximum Gasteiger partial charge on any atom is 0.324 e. The molecule has 1 unspecified atom stereocenters. The van der Waals surface area contributed by atoms with Crippen LogP contribution in [0.4, 0.5) is 0 Å². The fourth-order valence-electron chi connectivity index (χ4n) is 2.20.